The van der Waals surface area contributed by atoms with Crippen molar-refractivity contribution in [2.45, 2.75) is 6.61 Å². The van der Waals surface area contributed by atoms with Gasteiger partial charge in [-0.1, -0.05) is 30.3 Å². The fourth-order valence-electron chi connectivity index (χ4n) is 1.83. The van der Waals surface area contributed by atoms with E-state index in [1.807, 2.05) is 18.2 Å². The van der Waals surface area contributed by atoms with E-state index in [4.69, 9.17) is 9.84 Å². The highest BCUT2D eigenvalue weighted by atomic mass is 19.1. The molecule has 0 radical (unpaired) electrons. The van der Waals surface area contributed by atoms with Crippen LogP contribution in [0.25, 0.3) is 0 Å². The molecule has 2 rings (SSSR count). The monoisotopic (exact) mass is 303 g/mol. The lowest BCUT2D eigenvalue weighted by molar-refractivity contribution is 0.0696. The Kier molecular flexibility index (Phi) is 4.73. The number of benzene rings is 2. The van der Waals surface area contributed by atoms with Crippen molar-refractivity contribution in [1.82, 2.24) is 0 Å². The van der Waals surface area contributed by atoms with Crippen LogP contribution in [0, 0.1) is 5.82 Å². The van der Waals surface area contributed by atoms with Crippen molar-refractivity contribution in [2.75, 3.05) is 11.9 Å². The van der Waals surface area contributed by atoms with Crippen LogP contribution >= 0.6 is 0 Å². The van der Waals surface area contributed by atoms with Gasteiger partial charge in [0.15, 0.2) is 0 Å². The number of halogens is 1. The number of carboxylic acids is 1. The van der Waals surface area contributed by atoms with Gasteiger partial charge in [-0.3, -0.25) is 4.90 Å². The normalized spacial score (nSPS) is 10.1. The lowest BCUT2D eigenvalue weighted by Gasteiger charge is -2.18. The smallest absolute Gasteiger partial charge is 0.414 e. The SMILES string of the molecule is CN(C(=O)OCc1ccccc1)c1ccc(C(=O)O)cc1F. The number of rotatable bonds is 4. The first kappa shape index (κ1) is 15.5. The summed E-state index contributed by atoms with van der Waals surface area (Å²) < 4.78 is 19.0. The number of amides is 1. The fourth-order valence-corrected chi connectivity index (χ4v) is 1.83. The van der Waals surface area contributed by atoms with E-state index in [2.05, 4.69) is 0 Å². The van der Waals surface area contributed by atoms with Gasteiger partial charge in [-0.2, -0.15) is 0 Å². The summed E-state index contributed by atoms with van der Waals surface area (Å²) in [6, 6.07) is 12.4. The zero-order valence-corrected chi connectivity index (χ0v) is 11.8. The Morgan fingerprint density at radius 2 is 1.86 bits per heavy atom. The summed E-state index contributed by atoms with van der Waals surface area (Å²) in [6.45, 7) is 0.0683. The number of nitrogens with zero attached hydrogens (tertiary/aromatic N) is 1. The molecule has 0 bridgehead atoms. The van der Waals surface area contributed by atoms with Gasteiger partial charge in [-0.15, -0.1) is 0 Å². The maximum atomic E-state index is 13.9. The predicted octanol–water partition coefficient (Wildman–Crippen LogP) is 3.30. The second-order valence-corrected chi connectivity index (χ2v) is 4.57. The summed E-state index contributed by atoms with van der Waals surface area (Å²) in [7, 11) is 1.35. The molecule has 2 aromatic carbocycles. The fraction of sp³-hybridized carbons (Fsp3) is 0.125. The summed E-state index contributed by atoms with van der Waals surface area (Å²) in [4.78, 5) is 23.7. The maximum absolute atomic E-state index is 13.9. The number of ether oxygens (including phenoxy) is 1. The van der Waals surface area contributed by atoms with Crippen molar-refractivity contribution in [1.29, 1.82) is 0 Å². The van der Waals surface area contributed by atoms with Crippen LogP contribution in [0.5, 0.6) is 0 Å². The van der Waals surface area contributed by atoms with E-state index in [-0.39, 0.29) is 17.9 Å². The van der Waals surface area contributed by atoms with Gasteiger partial charge >= 0.3 is 12.1 Å². The molecule has 0 atom stereocenters. The average Bonchev–Trinajstić information content (AvgIpc) is 2.52. The highest BCUT2D eigenvalue weighted by Gasteiger charge is 2.17. The number of hydrogen-bond donors (Lipinski definition) is 1. The summed E-state index contributed by atoms with van der Waals surface area (Å²) in [5.74, 6) is -2.04. The van der Waals surface area contributed by atoms with E-state index in [1.54, 1.807) is 12.1 Å². The molecule has 2 aromatic rings. The largest absolute Gasteiger partial charge is 0.478 e. The molecule has 0 aliphatic heterocycles. The molecule has 0 unspecified atom stereocenters. The van der Waals surface area contributed by atoms with E-state index >= 15 is 0 Å². The van der Waals surface area contributed by atoms with Crippen molar-refractivity contribution in [2.24, 2.45) is 0 Å². The first-order valence-corrected chi connectivity index (χ1v) is 6.46. The third-order valence-corrected chi connectivity index (χ3v) is 3.03. The summed E-state index contributed by atoms with van der Waals surface area (Å²) in [5, 5.41) is 8.79. The molecule has 0 aliphatic rings. The zero-order chi connectivity index (χ0) is 16.1. The molecule has 114 valence electrons. The molecular formula is C16H14FNO4. The number of anilines is 1. The van der Waals surface area contributed by atoms with Gasteiger partial charge in [0.2, 0.25) is 0 Å². The van der Waals surface area contributed by atoms with Crippen molar-refractivity contribution in [3.63, 3.8) is 0 Å². The van der Waals surface area contributed by atoms with Crippen molar-refractivity contribution < 1.29 is 23.8 Å². The van der Waals surface area contributed by atoms with Crippen LogP contribution < -0.4 is 4.90 Å². The minimum Gasteiger partial charge on any atom is -0.478 e. The number of hydrogen-bond acceptors (Lipinski definition) is 3. The topological polar surface area (TPSA) is 66.8 Å². The van der Waals surface area contributed by atoms with Gasteiger partial charge in [-0.25, -0.2) is 14.0 Å². The molecule has 0 aromatic heterocycles. The summed E-state index contributed by atoms with van der Waals surface area (Å²) in [6.07, 6.45) is -0.731. The van der Waals surface area contributed by atoms with E-state index < -0.39 is 17.9 Å². The Hall–Kier alpha value is -2.89. The van der Waals surface area contributed by atoms with Gasteiger partial charge in [0.1, 0.15) is 12.4 Å². The maximum Gasteiger partial charge on any atom is 0.414 e. The molecule has 5 nitrogen and oxygen atoms in total. The lowest BCUT2D eigenvalue weighted by Crippen LogP contribution is -2.27. The summed E-state index contributed by atoms with van der Waals surface area (Å²) >= 11 is 0. The molecule has 0 aliphatic carbocycles. The lowest BCUT2D eigenvalue weighted by atomic mass is 10.2. The highest BCUT2D eigenvalue weighted by molar-refractivity contribution is 5.90. The van der Waals surface area contributed by atoms with Crippen LogP contribution in [0.1, 0.15) is 15.9 Å². The number of carbonyl (C=O) groups is 2. The van der Waals surface area contributed by atoms with Crippen LogP contribution in [0.4, 0.5) is 14.9 Å². The first-order valence-electron chi connectivity index (χ1n) is 6.46. The van der Waals surface area contributed by atoms with E-state index in [0.717, 1.165) is 16.5 Å². The van der Waals surface area contributed by atoms with Gasteiger partial charge in [-0.05, 0) is 23.8 Å². The van der Waals surface area contributed by atoms with Crippen molar-refractivity contribution >= 4 is 17.7 Å². The number of carboxylic acid groups (broad SMARTS) is 1. The standard InChI is InChI=1S/C16H14FNO4/c1-18(14-8-7-12(15(19)20)9-13(14)17)16(21)22-10-11-5-3-2-4-6-11/h2-9H,10H2,1H3,(H,19,20). The third-order valence-electron chi connectivity index (χ3n) is 3.03. The van der Waals surface area contributed by atoms with Gasteiger partial charge in [0, 0.05) is 7.05 Å². The molecule has 0 fully saturated rings. The third kappa shape index (κ3) is 3.60. The van der Waals surface area contributed by atoms with Crippen molar-refractivity contribution in [3.05, 3.63) is 65.5 Å². The molecule has 0 heterocycles. The summed E-state index contributed by atoms with van der Waals surface area (Å²) in [5.41, 5.74) is 0.571. The van der Waals surface area contributed by atoms with Crippen LogP contribution in [0.3, 0.4) is 0 Å². The predicted molar refractivity (Wildman–Crippen MR) is 78.4 cm³/mol. The second-order valence-electron chi connectivity index (χ2n) is 4.57. The Morgan fingerprint density at radius 1 is 1.18 bits per heavy atom. The van der Waals surface area contributed by atoms with Crippen molar-refractivity contribution in [3.8, 4) is 0 Å². The molecule has 0 saturated heterocycles. The minimum absolute atomic E-state index is 0.0527. The number of aromatic carboxylic acids is 1. The number of carbonyl (C=O) groups excluding carboxylic acids is 1. The molecule has 0 saturated carbocycles. The van der Waals surface area contributed by atoms with Crippen LogP contribution in [-0.2, 0) is 11.3 Å². The van der Waals surface area contributed by atoms with E-state index in [1.165, 1.54) is 19.2 Å². The first-order chi connectivity index (χ1) is 10.5. The highest BCUT2D eigenvalue weighted by Crippen LogP contribution is 2.20. The molecule has 6 heteroatoms. The minimum atomic E-state index is -1.24. The quantitative estimate of drug-likeness (QED) is 0.941. The zero-order valence-electron chi connectivity index (χ0n) is 11.8. The Bertz CT molecular complexity index is 688. The average molecular weight is 303 g/mol. The molecule has 1 N–H and O–H groups in total. The van der Waals surface area contributed by atoms with Crippen LogP contribution in [0.2, 0.25) is 0 Å². The molecule has 22 heavy (non-hydrogen) atoms. The Balaban J connectivity index is 2.05. The van der Waals surface area contributed by atoms with E-state index in [0.29, 0.717) is 0 Å². The van der Waals surface area contributed by atoms with E-state index in [9.17, 15) is 14.0 Å². The molecular weight excluding hydrogens is 289 g/mol. The Morgan fingerprint density at radius 3 is 2.45 bits per heavy atom. The van der Waals surface area contributed by atoms with Gasteiger partial charge in [0.25, 0.3) is 0 Å². The van der Waals surface area contributed by atoms with Gasteiger partial charge < -0.3 is 9.84 Å². The second kappa shape index (κ2) is 6.71. The van der Waals surface area contributed by atoms with Crippen LogP contribution in [-0.4, -0.2) is 24.2 Å². The Labute approximate surface area is 126 Å². The molecule has 1 amide bonds. The molecule has 0 spiro atoms. The van der Waals surface area contributed by atoms with Gasteiger partial charge in [0.05, 0.1) is 11.3 Å². The van der Waals surface area contributed by atoms with Crippen LogP contribution in [0.15, 0.2) is 48.5 Å².